The van der Waals surface area contributed by atoms with E-state index in [-0.39, 0.29) is 23.1 Å². The molecule has 0 aromatic rings. The highest BCUT2D eigenvalue weighted by molar-refractivity contribution is 5.75. The Bertz CT molecular complexity index is 71.7. The second kappa shape index (κ2) is 6.44. The molecule has 0 aliphatic heterocycles. The molecule has 1 atom stereocenters. The predicted octanol–water partition coefficient (Wildman–Crippen LogP) is 1.42. The SMILES string of the molecule is CCCCC(C)(O)CC.[MgH2]. The Morgan fingerprint density at radius 1 is 1.30 bits per heavy atom. The van der Waals surface area contributed by atoms with Crippen molar-refractivity contribution < 1.29 is 5.11 Å². The maximum absolute atomic E-state index is 9.45. The minimum atomic E-state index is -0.407. The van der Waals surface area contributed by atoms with Crippen LogP contribution in [0.2, 0.25) is 0 Å². The van der Waals surface area contributed by atoms with E-state index in [1.165, 1.54) is 6.42 Å². The number of rotatable bonds is 4. The van der Waals surface area contributed by atoms with Gasteiger partial charge in [0.05, 0.1) is 5.60 Å². The molecular weight excluding hydrogens is 136 g/mol. The monoisotopic (exact) mass is 156 g/mol. The second-order valence-corrected chi connectivity index (χ2v) is 2.95. The van der Waals surface area contributed by atoms with Crippen molar-refractivity contribution in [2.75, 3.05) is 0 Å². The van der Waals surface area contributed by atoms with Crippen LogP contribution >= 0.6 is 0 Å². The Balaban J connectivity index is 0. The summed E-state index contributed by atoms with van der Waals surface area (Å²) in [6, 6.07) is 0. The van der Waals surface area contributed by atoms with Gasteiger partial charge in [-0.15, -0.1) is 0 Å². The van der Waals surface area contributed by atoms with Gasteiger partial charge in [-0.1, -0.05) is 26.7 Å². The van der Waals surface area contributed by atoms with Gasteiger partial charge in [0.1, 0.15) is 0 Å². The highest BCUT2D eigenvalue weighted by atomic mass is 24.3. The van der Waals surface area contributed by atoms with Crippen molar-refractivity contribution in [3.05, 3.63) is 0 Å². The van der Waals surface area contributed by atoms with E-state index >= 15 is 0 Å². The largest absolute Gasteiger partial charge is 0.390 e. The van der Waals surface area contributed by atoms with Gasteiger partial charge in [0.25, 0.3) is 0 Å². The molecule has 1 N–H and O–H groups in total. The number of hydrogen-bond acceptors (Lipinski definition) is 1. The molecule has 0 fully saturated rings. The topological polar surface area (TPSA) is 20.2 Å². The summed E-state index contributed by atoms with van der Waals surface area (Å²) >= 11 is 0. The van der Waals surface area contributed by atoms with Crippen molar-refractivity contribution in [2.45, 2.75) is 52.1 Å². The van der Waals surface area contributed by atoms with Gasteiger partial charge in [-0.25, -0.2) is 0 Å². The van der Waals surface area contributed by atoms with E-state index in [1.54, 1.807) is 0 Å². The van der Waals surface area contributed by atoms with E-state index in [4.69, 9.17) is 0 Å². The molecule has 0 bridgehead atoms. The quantitative estimate of drug-likeness (QED) is 0.611. The smallest absolute Gasteiger partial charge is 0.316 e. The van der Waals surface area contributed by atoms with Crippen molar-refractivity contribution in [3.63, 3.8) is 0 Å². The third-order valence-corrected chi connectivity index (χ3v) is 1.83. The number of aliphatic hydroxyl groups is 1. The molecule has 1 nitrogen and oxygen atoms in total. The van der Waals surface area contributed by atoms with Crippen LogP contribution in [0.4, 0.5) is 0 Å². The van der Waals surface area contributed by atoms with Crippen LogP contribution in [0.25, 0.3) is 0 Å². The number of unbranched alkanes of at least 4 members (excludes halogenated alkanes) is 1. The molecule has 0 aliphatic rings. The first-order chi connectivity index (χ1) is 4.12. The fourth-order valence-electron chi connectivity index (χ4n) is 0.734. The Morgan fingerprint density at radius 3 is 2.10 bits per heavy atom. The average molecular weight is 157 g/mol. The molecular formula is C8H20MgO. The van der Waals surface area contributed by atoms with Crippen LogP contribution in [-0.4, -0.2) is 33.8 Å². The summed E-state index contributed by atoms with van der Waals surface area (Å²) in [6.45, 7) is 6.07. The molecule has 0 aromatic heterocycles. The Labute approximate surface area is 80.4 Å². The third-order valence-electron chi connectivity index (χ3n) is 1.83. The molecule has 0 amide bonds. The lowest BCUT2D eigenvalue weighted by Crippen LogP contribution is -2.21. The molecule has 1 unspecified atom stereocenters. The van der Waals surface area contributed by atoms with Crippen molar-refractivity contribution in [1.29, 1.82) is 0 Å². The van der Waals surface area contributed by atoms with Gasteiger partial charge in [-0.3, -0.25) is 0 Å². The summed E-state index contributed by atoms with van der Waals surface area (Å²) in [6.07, 6.45) is 4.13. The normalized spacial score (nSPS) is 15.6. The molecule has 0 saturated carbocycles. The average Bonchev–Trinajstić information content (AvgIpc) is 1.84. The summed E-state index contributed by atoms with van der Waals surface area (Å²) in [5, 5.41) is 9.45. The predicted molar refractivity (Wildman–Crippen MR) is 49.0 cm³/mol. The van der Waals surface area contributed by atoms with Crippen LogP contribution in [0.15, 0.2) is 0 Å². The maximum Gasteiger partial charge on any atom is 0.316 e. The van der Waals surface area contributed by atoms with Crippen LogP contribution in [0.5, 0.6) is 0 Å². The molecule has 0 aliphatic carbocycles. The van der Waals surface area contributed by atoms with Gasteiger partial charge in [0.15, 0.2) is 0 Å². The fourth-order valence-corrected chi connectivity index (χ4v) is 0.734. The molecule has 0 rings (SSSR count). The minimum Gasteiger partial charge on any atom is -0.390 e. The first-order valence-electron chi connectivity index (χ1n) is 3.84. The third kappa shape index (κ3) is 6.84. The zero-order chi connectivity index (χ0) is 7.33. The summed E-state index contributed by atoms with van der Waals surface area (Å²) in [5.41, 5.74) is -0.407. The van der Waals surface area contributed by atoms with Crippen molar-refractivity contribution >= 4 is 23.1 Å². The highest BCUT2D eigenvalue weighted by Crippen LogP contribution is 2.16. The molecule has 60 valence electrons. The van der Waals surface area contributed by atoms with Crippen LogP contribution in [0, 0.1) is 0 Å². The van der Waals surface area contributed by atoms with Crippen LogP contribution < -0.4 is 0 Å². The van der Waals surface area contributed by atoms with Crippen molar-refractivity contribution in [2.24, 2.45) is 0 Å². The van der Waals surface area contributed by atoms with Crippen molar-refractivity contribution in [3.8, 4) is 0 Å². The Hall–Kier alpha value is 0.726. The lowest BCUT2D eigenvalue weighted by atomic mass is 9.97. The Morgan fingerprint density at radius 2 is 1.80 bits per heavy atom. The van der Waals surface area contributed by atoms with Gasteiger partial charge in [0.2, 0.25) is 0 Å². The van der Waals surface area contributed by atoms with Gasteiger partial charge >= 0.3 is 23.1 Å². The zero-order valence-corrected chi connectivity index (χ0v) is 6.78. The van der Waals surface area contributed by atoms with E-state index in [1.807, 2.05) is 13.8 Å². The van der Waals surface area contributed by atoms with E-state index in [2.05, 4.69) is 6.92 Å². The first kappa shape index (κ1) is 13.3. The van der Waals surface area contributed by atoms with Gasteiger partial charge in [-0.2, -0.15) is 0 Å². The molecule has 0 aromatic carbocycles. The first-order valence-corrected chi connectivity index (χ1v) is 3.84. The van der Waals surface area contributed by atoms with E-state index in [0.717, 1.165) is 19.3 Å². The zero-order valence-electron chi connectivity index (χ0n) is 6.78. The summed E-state index contributed by atoms with van der Waals surface area (Å²) in [7, 11) is 0. The molecule has 10 heavy (non-hydrogen) atoms. The number of hydrogen-bond donors (Lipinski definition) is 1. The second-order valence-electron chi connectivity index (χ2n) is 2.95. The van der Waals surface area contributed by atoms with Gasteiger partial charge < -0.3 is 5.11 Å². The van der Waals surface area contributed by atoms with Crippen LogP contribution in [0.1, 0.15) is 46.5 Å². The maximum atomic E-state index is 9.45. The Kier molecular flexibility index (Phi) is 8.58. The van der Waals surface area contributed by atoms with Crippen LogP contribution in [-0.2, 0) is 0 Å². The molecule has 0 heterocycles. The molecule has 0 radical (unpaired) electrons. The standard InChI is InChI=1S/C8H18O.Mg.2H/c1-4-6-7-8(3,9)5-2;;;/h9H,4-7H2,1-3H3;;;. The lowest BCUT2D eigenvalue weighted by molar-refractivity contribution is 0.0447. The van der Waals surface area contributed by atoms with Gasteiger partial charge in [-0.05, 0) is 19.8 Å². The summed E-state index contributed by atoms with van der Waals surface area (Å²) < 4.78 is 0. The lowest BCUT2D eigenvalue weighted by Gasteiger charge is -2.20. The van der Waals surface area contributed by atoms with E-state index in [9.17, 15) is 5.11 Å². The fraction of sp³-hybridized carbons (Fsp3) is 1.00. The van der Waals surface area contributed by atoms with Crippen LogP contribution in [0.3, 0.4) is 0 Å². The molecule has 2 heteroatoms. The highest BCUT2D eigenvalue weighted by Gasteiger charge is 2.15. The molecule has 0 saturated heterocycles. The minimum absolute atomic E-state index is 0. The van der Waals surface area contributed by atoms with E-state index < -0.39 is 5.60 Å². The summed E-state index contributed by atoms with van der Waals surface area (Å²) in [4.78, 5) is 0. The summed E-state index contributed by atoms with van der Waals surface area (Å²) in [5.74, 6) is 0. The van der Waals surface area contributed by atoms with Crippen molar-refractivity contribution in [1.82, 2.24) is 0 Å². The van der Waals surface area contributed by atoms with Gasteiger partial charge in [0, 0.05) is 0 Å². The van der Waals surface area contributed by atoms with E-state index in [0.29, 0.717) is 0 Å². The molecule has 0 spiro atoms.